The highest BCUT2D eigenvalue weighted by atomic mass is 16.5. The summed E-state index contributed by atoms with van der Waals surface area (Å²) in [6.45, 7) is 2.48. The van der Waals surface area contributed by atoms with Gasteiger partial charge < -0.3 is 10.1 Å². The van der Waals surface area contributed by atoms with Gasteiger partial charge >= 0.3 is 5.69 Å². The van der Waals surface area contributed by atoms with Crippen LogP contribution in [0.1, 0.15) is 12.5 Å². The Morgan fingerprint density at radius 1 is 1.29 bits per heavy atom. The number of hydrogen-bond acceptors (Lipinski definition) is 5. The number of rotatable bonds is 6. The van der Waals surface area contributed by atoms with Crippen molar-refractivity contribution in [2.24, 2.45) is 0 Å². The third-order valence-electron chi connectivity index (χ3n) is 3.39. The molecule has 3 heterocycles. The van der Waals surface area contributed by atoms with Gasteiger partial charge in [-0.05, 0) is 25.1 Å². The highest BCUT2D eigenvalue weighted by Crippen LogP contribution is 2.13. The first-order valence-electron chi connectivity index (χ1n) is 7.56. The largest absolute Gasteiger partial charge is 0.478 e. The second-order valence-corrected chi connectivity index (χ2v) is 5.05. The Labute approximate surface area is 137 Å². The summed E-state index contributed by atoms with van der Waals surface area (Å²) in [6.07, 6.45) is 3.25. The fraction of sp³-hybridized carbons (Fsp3) is 0.250. The molecule has 8 heteroatoms. The van der Waals surface area contributed by atoms with Crippen molar-refractivity contribution in [1.29, 1.82) is 0 Å². The monoisotopic (exact) mass is 327 g/mol. The van der Waals surface area contributed by atoms with E-state index < -0.39 is 0 Å². The van der Waals surface area contributed by atoms with Gasteiger partial charge in [-0.1, -0.05) is 12.1 Å². The van der Waals surface area contributed by atoms with Crippen molar-refractivity contribution >= 4 is 11.6 Å². The summed E-state index contributed by atoms with van der Waals surface area (Å²) in [5.41, 5.74) is 0.924. The molecule has 3 aromatic heterocycles. The molecule has 1 N–H and O–H groups in total. The van der Waals surface area contributed by atoms with Crippen LogP contribution in [0.3, 0.4) is 0 Å². The van der Waals surface area contributed by atoms with Crippen LogP contribution < -0.4 is 15.7 Å². The second-order valence-electron chi connectivity index (χ2n) is 5.05. The molecule has 0 aliphatic heterocycles. The van der Waals surface area contributed by atoms with Crippen LogP contribution in [0.5, 0.6) is 5.88 Å². The van der Waals surface area contributed by atoms with Crippen LogP contribution in [0.4, 0.5) is 0 Å². The molecule has 0 bridgehead atoms. The number of hydrogen-bond donors (Lipinski definition) is 1. The third-order valence-corrected chi connectivity index (χ3v) is 3.39. The van der Waals surface area contributed by atoms with Crippen LogP contribution in [-0.2, 0) is 17.9 Å². The minimum absolute atomic E-state index is 0.148. The number of nitrogens with one attached hydrogen (secondary N) is 1. The summed E-state index contributed by atoms with van der Waals surface area (Å²) in [5.74, 6) is 0.178. The average molecular weight is 327 g/mol. The van der Waals surface area contributed by atoms with Crippen molar-refractivity contribution in [3.8, 4) is 5.88 Å². The molecule has 0 aromatic carbocycles. The Balaban J connectivity index is 1.67. The molecule has 0 aliphatic carbocycles. The average Bonchev–Trinajstić information content (AvgIpc) is 2.91. The first-order valence-corrected chi connectivity index (χ1v) is 7.56. The Hall–Kier alpha value is -3.16. The fourth-order valence-corrected chi connectivity index (χ4v) is 2.28. The molecular formula is C16H17N5O3. The van der Waals surface area contributed by atoms with Gasteiger partial charge in [0.1, 0.15) is 6.54 Å². The van der Waals surface area contributed by atoms with Crippen LogP contribution in [0, 0.1) is 0 Å². The molecule has 0 aliphatic rings. The molecule has 124 valence electrons. The maximum absolute atomic E-state index is 12.1. The molecule has 8 nitrogen and oxygen atoms in total. The molecule has 3 aromatic rings. The van der Waals surface area contributed by atoms with E-state index in [4.69, 9.17) is 4.74 Å². The van der Waals surface area contributed by atoms with Gasteiger partial charge in [0, 0.05) is 24.5 Å². The topological polar surface area (TPSA) is 90.5 Å². The third kappa shape index (κ3) is 3.27. The maximum atomic E-state index is 12.1. The fourth-order valence-electron chi connectivity index (χ4n) is 2.28. The van der Waals surface area contributed by atoms with Crippen LogP contribution in [0.2, 0.25) is 0 Å². The summed E-state index contributed by atoms with van der Waals surface area (Å²) >= 11 is 0. The quantitative estimate of drug-likeness (QED) is 0.716. The van der Waals surface area contributed by atoms with E-state index in [1.807, 2.05) is 13.0 Å². The smallest absolute Gasteiger partial charge is 0.350 e. The van der Waals surface area contributed by atoms with Gasteiger partial charge in [-0.3, -0.25) is 9.20 Å². The minimum Gasteiger partial charge on any atom is -0.478 e. The van der Waals surface area contributed by atoms with Crippen LogP contribution in [0.15, 0.2) is 47.5 Å². The highest BCUT2D eigenvalue weighted by molar-refractivity contribution is 5.75. The molecule has 24 heavy (non-hydrogen) atoms. The summed E-state index contributed by atoms with van der Waals surface area (Å²) in [4.78, 5) is 28.4. The maximum Gasteiger partial charge on any atom is 0.350 e. The van der Waals surface area contributed by atoms with E-state index in [2.05, 4.69) is 15.4 Å². The first kappa shape index (κ1) is 15.7. The van der Waals surface area contributed by atoms with E-state index in [1.54, 1.807) is 36.7 Å². The SMILES string of the molecule is CCOc1ncccc1CNC(=O)Cn1nc2ccccn2c1=O. The van der Waals surface area contributed by atoms with E-state index in [-0.39, 0.29) is 24.7 Å². The number of fused-ring (bicyclic) bond motifs is 1. The number of amides is 1. The minimum atomic E-state index is -0.350. The predicted octanol–water partition coefficient (Wildman–Crippen LogP) is 0.606. The molecular weight excluding hydrogens is 310 g/mol. The van der Waals surface area contributed by atoms with Crippen molar-refractivity contribution in [2.45, 2.75) is 20.0 Å². The molecule has 0 radical (unpaired) electrons. The summed E-state index contributed by atoms with van der Waals surface area (Å²) in [5, 5.41) is 6.87. The normalized spacial score (nSPS) is 10.7. The van der Waals surface area contributed by atoms with Crippen molar-refractivity contribution < 1.29 is 9.53 Å². The van der Waals surface area contributed by atoms with E-state index >= 15 is 0 Å². The molecule has 1 amide bonds. The van der Waals surface area contributed by atoms with Gasteiger partial charge in [0.15, 0.2) is 5.65 Å². The molecule has 3 rings (SSSR count). The number of nitrogens with zero attached hydrogens (tertiary/aromatic N) is 4. The van der Waals surface area contributed by atoms with E-state index in [1.165, 1.54) is 4.40 Å². The van der Waals surface area contributed by atoms with Gasteiger partial charge in [0.25, 0.3) is 0 Å². The zero-order chi connectivity index (χ0) is 16.9. The van der Waals surface area contributed by atoms with Crippen molar-refractivity contribution in [2.75, 3.05) is 6.61 Å². The van der Waals surface area contributed by atoms with Gasteiger partial charge in [-0.15, -0.1) is 5.10 Å². The lowest BCUT2D eigenvalue weighted by Gasteiger charge is -2.09. The molecule has 0 unspecified atom stereocenters. The highest BCUT2D eigenvalue weighted by Gasteiger charge is 2.11. The van der Waals surface area contributed by atoms with Crippen LogP contribution in [-0.4, -0.2) is 31.7 Å². The standard InChI is InChI=1S/C16H17N5O3/c1-2-24-15-12(6-5-8-17-15)10-18-14(22)11-21-16(23)20-9-4-3-7-13(20)19-21/h3-9H,2,10-11H2,1H3,(H,18,22). The Bertz CT molecular complexity index is 915. The molecule has 0 saturated carbocycles. The van der Waals surface area contributed by atoms with Crippen LogP contribution in [0.25, 0.3) is 5.65 Å². The van der Waals surface area contributed by atoms with Gasteiger partial charge in [-0.2, -0.15) is 0 Å². The summed E-state index contributed by atoms with van der Waals surface area (Å²) in [6, 6.07) is 8.83. The zero-order valence-electron chi connectivity index (χ0n) is 13.2. The Morgan fingerprint density at radius 3 is 2.96 bits per heavy atom. The zero-order valence-corrected chi connectivity index (χ0v) is 13.2. The van der Waals surface area contributed by atoms with Gasteiger partial charge in [0.05, 0.1) is 6.61 Å². The van der Waals surface area contributed by atoms with E-state index in [0.29, 0.717) is 18.1 Å². The van der Waals surface area contributed by atoms with Crippen molar-refractivity contribution in [3.63, 3.8) is 0 Å². The predicted molar refractivity (Wildman–Crippen MR) is 86.7 cm³/mol. The summed E-state index contributed by atoms with van der Waals surface area (Å²) < 4.78 is 7.94. The lowest BCUT2D eigenvalue weighted by molar-refractivity contribution is -0.122. The summed E-state index contributed by atoms with van der Waals surface area (Å²) in [7, 11) is 0. The number of carbonyl (C=O) groups excluding carboxylic acids is 1. The molecule has 0 fully saturated rings. The second kappa shape index (κ2) is 6.95. The Kier molecular flexibility index (Phi) is 4.55. The number of aromatic nitrogens is 4. The Morgan fingerprint density at radius 2 is 2.17 bits per heavy atom. The number of pyridine rings is 2. The lowest BCUT2D eigenvalue weighted by atomic mass is 10.2. The van der Waals surface area contributed by atoms with E-state index in [0.717, 1.165) is 10.2 Å². The van der Waals surface area contributed by atoms with Crippen LogP contribution >= 0.6 is 0 Å². The van der Waals surface area contributed by atoms with E-state index in [9.17, 15) is 9.59 Å². The first-order chi connectivity index (χ1) is 11.7. The molecule has 0 atom stereocenters. The number of ether oxygens (including phenoxy) is 1. The van der Waals surface area contributed by atoms with Crippen molar-refractivity contribution in [1.82, 2.24) is 24.5 Å². The van der Waals surface area contributed by atoms with Gasteiger partial charge in [0.2, 0.25) is 11.8 Å². The number of carbonyl (C=O) groups is 1. The molecule has 0 spiro atoms. The molecule has 0 saturated heterocycles. The van der Waals surface area contributed by atoms with Gasteiger partial charge in [-0.25, -0.2) is 14.5 Å². The van der Waals surface area contributed by atoms with Crippen molar-refractivity contribution in [3.05, 3.63) is 58.8 Å². The lowest BCUT2D eigenvalue weighted by Crippen LogP contribution is -2.32.